The molecule has 12 bridgehead atoms. The number of benzene rings is 1. The third-order valence-electron chi connectivity index (χ3n) is 16.5. The summed E-state index contributed by atoms with van der Waals surface area (Å²) < 4.78 is 38.3. The highest BCUT2D eigenvalue weighted by molar-refractivity contribution is 7.14. The number of fused-ring (bicyclic) bond motifs is 15. The zero-order valence-electron chi connectivity index (χ0n) is 53.8. The third-order valence-corrected chi connectivity index (χ3v) is 21.0. The zero-order chi connectivity index (χ0) is 69.8. The molecular formula is C62H66N14O17S5. The molecular weight excluding hydrogens is 1370 g/mol. The van der Waals surface area contributed by atoms with Crippen LogP contribution in [0.1, 0.15) is 120 Å². The van der Waals surface area contributed by atoms with Crippen molar-refractivity contribution in [3.63, 3.8) is 0 Å². The molecule has 98 heavy (non-hydrogen) atoms. The number of rotatable bonds is 10. The average Bonchev–Trinajstić information content (AvgIpc) is 1.57. The number of allylic oxidation sites excluding steroid dienone is 1. The van der Waals surface area contributed by atoms with E-state index in [-0.39, 0.29) is 124 Å². The van der Waals surface area contributed by atoms with Gasteiger partial charge < -0.3 is 85.3 Å². The maximum atomic E-state index is 15.2. The second-order valence-electron chi connectivity index (χ2n) is 24.2. The summed E-state index contributed by atoms with van der Waals surface area (Å²) >= 11 is 4.86. The van der Waals surface area contributed by atoms with Crippen molar-refractivity contribution in [1.82, 2.24) is 71.0 Å². The molecule has 4 aliphatic heterocycles. The summed E-state index contributed by atoms with van der Waals surface area (Å²) in [7, 11) is 8.38. The van der Waals surface area contributed by atoms with Crippen molar-refractivity contribution in [2.24, 2.45) is 0 Å². The number of ether oxygens (including phenoxy) is 6. The van der Waals surface area contributed by atoms with E-state index in [2.05, 4.69) is 41.5 Å². The van der Waals surface area contributed by atoms with Crippen LogP contribution >= 0.6 is 56.7 Å². The Morgan fingerprint density at radius 2 is 1.51 bits per heavy atom. The van der Waals surface area contributed by atoms with E-state index in [4.69, 9.17) is 43.4 Å². The molecule has 1 saturated heterocycles. The molecule has 8 aromatic rings. The lowest BCUT2D eigenvalue weighted by molar-refractivity contribution is -0.280. The van der Waals surface area contributed by atoms with Gasteiger partial charge in [-0.05, 0) is 73.6 Å². The van der Waals surface area contributed by atoms with Crippen molar-refractivity contribution in [1.29, 1.82) is 0 Å². The number of pyridine rings is 1. The molecule has 0 saturated carbocycles. The molecule has 0 aliphatic carbocycles. The predicted octanol–water partition coefficient (Wildman–Crippen LogP) is 4.34. The van der Waals surface area contributed by atoms with Crippen LogP contribution in [0.5, 0.6) is 5.75 Å². The quantitative estimate of drug-likeness (QED) is 0.0522. The Morgan fingerprint density at radius 1 is 0.837 bits per heavy atom. The number of thiazole rings is 5. The molecule has 4 aliphatic rings. The van der Waals surface area contributed by atoms with E-state index in [0.29, 0.717) is 16.0 Å². The Bertz CT molecular complexity index is 4480. The number of amides is 5. The van der Waals surface area contributed by atoms with Crippen LogP contribution in [0.15, 0.2) is 56.9 Å². The van der Waals surface area contributed by atoms with Gasteiger partial charge in [-0.25, -0.2) is 39.5 Å². The maximum absolute atomic E-state index is 15.2. The van der Waals surface area contributed by atoms with E-state index >= 15 is 14.4 Å². The maximum Gasteiger partial charge on any atom is 0.358 e. The second kappa shape index (κ2) is 28.2. The van der Waals surface area contributed by atoms with E-state index in [9.17, 15) is 39.7 Å². The topological polar surface area (TPSA) is 405 Å². The van der Waals surface area contributed by atoms with Gasteiger partial charge in [0.1, 0.15) is 114 Å². The van der Waals surface area contributed by atoms with Crippen LogP contribution in [0.4, 0.5) is 0 Å². The van der Waals surface area contributed by atoms with Crippen LogP contribution in [0.2, 0.25) is 0 Å². The van der Waals surface area contributed by atoms with Gasteiger partial charge in [0.2, 0.25) is 11.8 Å². The number of aliphatic hydroxyl groups excluding tert-OH is 1. The van der Waals surface area contributed by atoms with Crippen LogP contribution in [-0.2, 0) is 62.6 Å². The molecule has 7 aromatic heterocycles. The molecule has 9 N–H and O–H groups in total. The van der Waals surface area contributed by atoms with Gasteiger partial charge in [-0.2, -0.15) is 4.73 Å². The second-order valence-corrected chi connectivity index (χ2v) is 28.5. The summed E-state index contributed by atoms with van der Waals surface area (Å²) in [6.45, 7) is 4.57. The van der Waals surface area contributed by atoms with E-state index in [1.165, 1.54) is 49.2 Å². The van der Waals surface area contributed by atoms with E-state index in [0.717, 1.165) is 56.7 Å². The highest BCUT2D eigenvalue weighted by Crippen LogP contribution is 2.43. The number of carbonyl (C=O) groups excluding carboxylic acids is 7. The van der Waals surface area contributed by atoms with Crippen LogP contribution in [0.25, 0.3) is 49.3 Å². The zero-order valence-corrected chi connectivity index (χ0v) is 57.9. The molecule has 36 heteroatoms. The Hall–Kier alpha value is -8.79. The van der Waals surface area contributed by atoms with Crippen LogP contribution in [0.3, 0.4) is 0 Å². The van der Waals surface area contributed by atoms with Gasteiger partial charge in [-0.15, -0.1) is 56.7 Å². The normalized spacial score (nSPS) is 24.2. The van der Waals surface area contributed by atoms with Crippen molar-refractivity contribution in [3.8, 4) is 38.4 Å². The van der Waals surface area contributed by atoms with Crippen molar-refractivity contribution in [3.05, 3.63) is 112 Å². The summed E-state index contributed by atoms with van der Waals surface area (Å²) in [5, 5.41) is 69.1. The fourth-order valence-corrected chi connectivity index (χ4v) is 16.2. The van der Waals surface area contributed by atoms with Crippen LogP contribution < -0.4 is 26.6 Å². The largest absolute Gasteiger partial charge is 0.506 e. The standard InChI is InChI=1S/C62H66N14O17S5/c1-25(77)42-54(83)72-43(26(2)88-9)57-68-36(24-97-57)53(82)73-46-48-49(93-40-14-62(4,86)50(75(7)8)27(3)92-40)61(85)90-17-28-11-10-12-37-41(28)31(18-89-48)47(76(37)87)60(84)91-19-32(65-51(80)34-23-98-59(46)69-34)56-66-33(21-96-56)44-30(55-67-35(22-95-55)52(81)71-42)13-38(78)45(70-44)58-64-29(20-94-58)15-63-39(79)16-74(5)6/h10-13,20-25,27,32,40,42,46,48-50,77-78,86-87H,14-19H2,1-9H3,(H,63,79)(H,65,80)(H,71,81)(H,72,83)(H,73,82)/t25-,27+,32+,40+,42+,46+,48+,49+,50-,62+/m1/s1. The average molecular weight is 1440 g/mol. The van der Waals surface area contributed by atoms with Crippen LogP contribution in [0, 0.1) is 0 Å². The van der Waals surface area contributed by atoms with Gasteiger partial charge in [0.15, 0.2) is 18.1 Å². The molecule has 10 atom stereocenters. The number of carbonyl (C=O) groups is 7. The van der Waals surface area contributed by atoms with Crippen LogP contribution in [-0.4, -0.2) is 203 Å². The summed E-state index contributed by atoms with van der Waals surface area (Å²) in [6.07, 6.45) is -7.45. The van der Waals surface area contributed by atoms with Crippen molar-refractivity contribution in [2.45, 2.75) is 114 Å². The molecule has 0 radical (unpaired) electrons. The van der Waals surface area contributed by atoms with Gasteiger partial charge in [-0.1, -0.05) is 12.1 Å². The molecule has 5 amide bonds. The first-order valence-electron chi connectivity index (χ1n) is 30.3. The highest BCUT2D eigenvalue weighted by atomic mass is 32.1. The number of aromatic hydroxyl groups is 1. The van der Waals surface area contributed by atoms with Crippen molar-refractivity contribution < 1.29 is 82.5 Å². The molecule has 12 rings (SSSR count). The smallest absolute Gasteiger partial charge is 0.358 e. The summed E-state index contributed by atoms with van der Waals surface area (Å²) in [6, 6.07) is 0.904. The minimum atomic E-state index is -1.90. The summed E-state index contributed by atoms with van der Waals surface area (Å²) in [5.74, 6) is -6.34. The number of aromatic nitrogens is 7. The number of methoxy groups -OCH3 is 1. The first kappa shape index (κ1) is 69.1. The Kier molecular flexibility index (Phi) is 19.9. The summed E-state index contributed by atoms with van der Waals surface area (Å²) in [5.41, 5.74) is -1.52. The Balaban J connectivity index is 1.03. The third kappa shape index (κ3) is 14.0. The van der Waals surface area contributed by atoms with Gasteiger partial charge in [0, 0.05) is 49.8 Å². The molecule has 11 heterocycles. The number of aliphatic hydroxyl groups is 2. The lowest BCUT2D eigenvalue weighted by Crippen LogP contribution is -2.62. The van der Waals surface area contributed by atoms with Gasteiger partial charge in [0.25, 0.3) is 17.7 Å². The Labute approximate surface area is 577 Å². The van der Waals surface area contributed by atoms with Crippen molar-refractivity contribution >= 4 is 115 Å². The SMILES string of the molecule is COC(C)=C1NC(=O)[C@H]([C@@H](C)O)NC(=O)c2csc(n2)-c2cc(O)c(-c3nc(CNC(=O)CN(C)C)cs3)nc2-c2csc(n2)[C@@H]2COC(=O)c3c4c5c(cccc5n3O)COC(=O)[C@@H](O[C@H]3C[C@](C)(O)[C@H](N(C)C)[C@H](C)O3)[C@@H](OC4)[C@H](NC(=O)c3csc1n3)c1nc(cs1)C(=O)N2. The number of esters is 2. The molecule has 516 valence electrons. The van der Waals surface area contributed by atoms with Gasteiger partial charge in [-0.3, -0.25) is 24.0 Å². The molecule has 31 nitrogen and oxygen atoms in total. The predicted molar refractivity (Wildman–Crippen MR) is 355 cm³/mol. The lowest BCUT2D eigenvalue weighted by atomic mass is 9.85. The fraction of sp³-hybridized carbons (Fsp3) is 0.403. The number of nitrogens with zero attached hydrogens (tertiary/aromatic N) is 9. The number of hydrogen-bond acceptors (Lipinski definition) is 30. The van der Waals surface area contributed by atoms with E-state index in [1.54, 1.807) is 74.7 Å². The van der Waals surface area contributed by atoms with E-state index in [1.807, 2.05) is 0 Å². The molecule has 0 spiro atoms. The summed E-state index contributed by atoms with van der Waals surface area (Å²) in [4.78, 5) is 134. The first-order valence-corrected chi connectivity index (χ1v) is 34.7. The van der Waals surface area contributed by atoms with Gasteiger partial charge in [0.05, 0.1) is 61.9 Å². The molecule has 1 fully saturated rings. The Morgan fingerprint density at radius 3 is 2.23 bits per heavy atom. The minimum Gasteiger partial charge on any atom is -0.506 e. The van der Waals surface area contributed by atoms with Crippen molar-refractivity contribution in [2.75, 3.05) is 48.5 Å². The number of cyclic esters (lactones) is 2. The minimum absolute atomic E-state index is 0.000805. The molecule has 0 unspecified atom stereocenters. The number of nitrogens with one attached hydrogen (secondary N) is 5. The monoisotopic (exact) mass is 1440 g/mol. The number of hydrogen-bond donors (Lipinski definition) is 9. The van der Waals surface area contributed by atoms with Gasteiger partial charge >= 0.3 is 11.9 Å². The lowest BCUT2D eigenvalue weighted by Gasteiger charge is -2.48. The van der Waals surface area contributed by atoms with E-state index < -0.39 is 122 Å². The highest BCUT2D eigenvalue weighted by Gasteiger charge is 2.50. The molecule has 1 aromatic carbocycles. The fourth-order valence-electron chi connectivity index (χ4n) is 12.0. The number of likely N-dealkylation sites (N-methyl/N-ethyl adjacent to an activating group) is 2. The first-order chi connectivity index (χ1) is 46.7.